The summed E-state index contributed by atoms with van der Waals surface area (Å²) in [7, 11) is 0. The normalized spacial score (nSPS) is 24.3. The van der Waals surface area contributed by atoms with Crippen LogP contribution in [0.3, 0.4) is 0 Å². The van der Waals surface area contributed by atoms with E-state index in [4.69, 9.17) is 0 Å². The fourth-order valence-electron chi connectivity index (χ4n) is 3.67. The first kappa shape index (κ1) is 19.7. The summed E-state index contributed by atoms with van der Waals surface area (Å²) in [4.78, 5) is 38.7. The molecule has 1 aromatic carbocycles. The van der Waals surface area contributed by atoms with Gasteiger partial charge in [-0.25, -0.2) is 0 Å². The van der Waals surface area contributed by atoms with Gasteiger partial charge in [0.15, 0.2) is 5.78 Å². The summed E-state index contributed by atoms with van der Waals surface area (Å²) >= 11 is 1.31. The number of carbonyl (C=O) groups is 3. The number of nitrogens with zero attached hydrogens (tertiary/aromatic N) is 1. The second-order valence-corrected chi connectivity index (χ2v) is 8.36. The molecule has 2 amide bonds. The fourth-order valence-corrected chi connectivity index (χ4v) is 4.61. The van der Waals surface area contributed by atoms with E-state index in [-0.39, 0.29) is 35.9 Å². The molecular formula is C21H26N2O3S. The SMILES string of the molecule is Cc1ccccc1C(=O)/C=C1\SCC(=O)N1CC(=O)N[C@H]1CCCC[C@@H]1C. The Balaban J connectivity index is 1.68. The molecule has 1 saturated heterocycles. The number of thioether (sulfide) groups is 1. The van der Waals surface area contributed by atoms with Crippen LogP contribution >= 0.6 is 11.8 Å². The van der Waals surface area contributed by atoms with Crippen molar-refractivity contribution in [2.45, 2.75) is 45.6 Å². The lowest BCUT2D eigenvalue weighted by molar-refractivity contribution is -0.131. The number of hydrogen-bond donors (Lipinski definition) is 1. The minimum atomic E-state index is -0.154. The van der Waals surface area contributed by atoms with Crippen molar-refractivity contribution in [1.82, 2.24) is 10.2 Å². The Labute approximate surface area is 164 Å². The predicted molar refractivity (Wildman–Crippen MR) is 107 cm³/mol. The van der Waals surface area contributed by atoms with Gasteiger partial charge in [0.25, 0.3) is 0 Å². The lowest BCUT2D eigenvalue weighted by Crippen LogP contribution is -2.45. The molecule has 1 saturated carbocycles. The lowest BCUT2D eigenvalue weighted by atomic mass is 9.86. The molecule has 0 bridgehead atoms. The Hall–Kier alpha value is -2.08. The van der Waals surface area contributed by atoms with Gasteiger partial charge in [0.05, 0.1) is 10.8 Å². The van der Waals surface area contributed by atoms with Crippen LogP contribution in [0.4, 0.5) is 0 Å². The summed E-state index contributed by atoms with van der Waals surface area (Å²) in [6, 6.07) is 7.54. The van der Waals surface area contributed by atoms with Gasteiger partial charge >= 0.3 is 0 Å². The highest BCUT2D eigenvalue weighted by molar-refractivity contribution is 8.04. The molecule has 5 nitrogen and oxygen atoms in total. The fraction of sp³-hybridized carbons (Fsp3) is 0.476. The van der Waals surface area contributed by atoms with Crippen LogP contribution in [-0.4, -0.2) is 40.8 Å². The van der Waals surface area contributed by atoms with Gasteiger partial charge in [-0.1, -0.05) is 55.8 Å². The van der Waals surface area contributed by atoms with Gasteiger partial charge in [-0.15, -0.1) is 0 Å². The summed E-state index contributed by atoms with van der Waals surface area (Å²) in [6.45, 7) is 4.02. The standard InChI is InChI=1S/C21H26N2O3S/c1-14-7-3-5-9-16(14)18(24)11-21-23(20(26)13-27-21)12-19(25)22-17-10-6-4-8-15(17)2/h3,5,7,9,11,15,17H,4,6,8,10,12-13H2,1-2H3,(H,22,25)/b21-11-/t15-,17-/m0/s1. The van der Waals surface area contributed by atoms with Crippen molar-refractivity contribution in [3.05, 3.63) is 46.5 Å². The number of carbonyl (C=O) groups excluding carboxylic acids is 3. The Morgan fingerprint density at radius 2 is 2.00 bits per heavy atom. The van der Waals surface area contributed by atoms with E-state index in [0.717, 1.165) is 24.8 Å². The highest BCUT2D eigenvalue weighted by atomic mass is 32.2. The van der Waals surface area contributed by atoms with Crippen molar-refractivity contribution >= 4 is 29.4 Å². The molecule has 2 aliphatic rings. The van der Waals surface area contributed by atoms with E-state index >= 15 is 0 Å². The van der Waals surface area contributed by atoms with Gasteiger partial charge in [-0.3, -0.25) is 19.3 Å². The summed E-state index contributed by atoms with van der Waals surface area (Å²) in [5, 5.41) is 3.63. The third-order valence-corrected chi connectivity index (χ3v) is 6.36. The quantitative estimate of drug-likeness (QED) is 0.623. The number of rotatable bonds is 5. The third kappa shape index (κ3) is 4.80. The number of ketones is 1. The molecule has 2 fully saturated rings. The Morgan fingerprint density at radius 3 is 2.74 bits per heavy atom. The molecule has 1 aliphatic heterocycles. The van der Waals surface area contributed by atoms with Crippen LogP contribution in [-0.2, 0) is 9.59 Å². The van der Waals surface area contributed by atoms with E-state index in [1.807, 2.05) is 25.1 Å². The summed E-state index contributed by atoms with van der Waals surface area (Å²) < 4.78 is 0. The predicted octanol–water partition coefficient (Wildman–Crippen LogP) is 3.29. The van der Waals surface area contributed by atoms with E-state index in [9.17, 15) is 14.4 Å². The van der Waals surface area contributed by atoms with Crippen molar-refractivity contribution in [2.75, 3.05) is 12.3 Å². The second-order valence-electron chi connectivity index (χ2n) is 7.37. The molecule has 0 radical (unpaired) electrons. The van der Waals surface area contributed by atoms with E-state index in [2.05, 4.69) is 12.2 Å². The molecule has 0 spiro atoms. The smallest absolute Gasteiger partial charge is 0.240 e. The third-order valence-electron chi connectivity index (χ3n) is 5.34. The molecule has 0 aromatic heterocycles. The minimum Gasteiger partial charge on any atom is -0.352 e. The maximum absolute atomic E-state index is 12.6. The molecular weight excluding hydrogens is 360 g/mol. The number of aryl methyl sites for hydroxylation is 1. The van der Waals surface area contributed by atoms with Gasteiger partial charge < -0.3 is 5.32 Å². The Bertz CT molecular complexity index is 774. The number of hydrogen-bond acceptors (Lipinski definition) is 4. The zero-order valence-corrected chi connectivity index (χ0v) is 16.7. The summed E-state index contributed by atoms with van der Waals surface area (Å²) in [6.07, 6.45) is 5.94. The maximum atomic E-state index is 12.6. The number of allylic oxidation sites excluding steroid dienone is 1. The summed E-state index contributed by atoms with van der Waals surface area (Å²) in [5.41, 5.74) is 1.51. The van der Waals surface area contributed by atoms with Crippen molar-refractivity contribution in [3.8, 4) is 0 Å². The number of nitrogens with one attached hydrogen (secondary N) is 1. The first-order chi connectivity index (χ1) is 13.0. The van der Waals surface area contributed by atoms with Gasteiger partial charge in [-0.2, -0.15) is 0 Å². The van der Waals surface area contributed by atoms with E-state index < -0.39 is 0 Å². The van der Waals surface area contributed by atoms with Crippen LogP contribution in [0.15, 0.2) is 35.4 Å². The monoisotopic (exact) mass is 386 g/mol. The average molecular weight is 387 g/mol. The largest absolute Gasteiger partial charge is 0.352 e. The molecule has 1 aliphatic carbocycles. The van der Waals surface area contributed by atoms with Gasteiger partial charge in [0.1, 0.15) is 6.54 Å². The number of amides is 2. The molecule has 1 heterocycles. The first-order valence-electron chi connectivity index (χ1n) is 9.50. The Kier molecular flexibility index (Phi) is 6.37. The molecule has 144 valence electrons. The van der Waals surface area contributed by atoms with Crippen molar-refractivity contribution < 1.29 is 14.4 Å². The van der Waals surface area contributed by atoms with Crippen LogP contribution in [0, 0.1) is 12.8 Å². The van der Waals surface area contributed by atoms with Crippen molar-refractivity contribution in [3.63, 3.8) is 0 Å². The van der Waals surface area contributed by atoms with Gasteiger partial charge in [0.2, 0.25) is 11.8 Å². The number of benzene rings is 1. The van der Waals surface area contributed by atoms with Crippen LogP contribution in [0.25, 0.3) is 0 Å². The maximum Gasteiger partial charge on any atom is 0.240 e. The molecule has 6 heteroatoms. The zero-order valence-electron chi connectivity index (χ0n) is 15.9. The molecule has 1 N–H and O–H groups in total. The Morgan fingerprint density at radius 1 is 1.26 bits per heavy atom. The van der Waals surface area contributed by atoms with Crippen molar-refractivity contribution in [1.29, 1.82) is 0 Å². The first-order valence-corrected chi connectivity index (χ1v) is 10.5. The highest BCUT2D eigenvalue weighted by Gasteiger charge is 2.30. The molecule has 1 aromatic rings. The lowest BCUT2D eigenvalue weighted by Gasteiger charge is -2.30. The van der Waals surface area contributed by atoms with E-state index in [0.29, 0.717) is 16.5 Å². The molecule has 2 atom stereocenters. The molecule has 3 rings (SSSR count). The zero-order chi connectivity index (χ0) is 19.4. The summed E-state index contributed by atoms with van der Waals surface area (Å²) in [5.74, 6) is 0.301. The van der Waals surface area contributed by atoms with Crippen molar-refractivity contribution in [2.24, 2.45) is 5.92 Å². The molecule has 0 unspecified atom stereocenters. The van der Waals surface area contributed by atoms with Crippen LogP contribution < -0.4 is 5.32 Å². The van der Waals surface area contributed by atoms with E-state index in [1.54, 1.807) is 6.07 Å². The van der Waals surface area contributed by atoms with Gasteiger partial charge in [0, 0.05) is 17.7 Å². The molecule has 27 heavy (non-hydrogen) atoms. The second kappa shape index (κ2) is 8.74. The average Bonchev–Trinajstić information content (AvgIpc) is 2.97. The van der Waals surface area contributed by atoms with Gasteiger partial charge in [-0.05, 0) is 31.2 Å². The minimum absolute atomic E-state index is 0.0259. The van der Waals surface area contributed by atoms with E-state index in [1.165, 1.54) is 29.2 Å². The highest BCUT2D eigenvalue weighted by Crippen LogP contribution is 2.29. The van der Waals surface area contributed by atoms with Crippen LogP contribution in [0.1, 0.15) is 48.5 Å². The topological polar surface area (TPSA) is 66.5 Å². The van der Waals surface area contributed by atoms with Crippen LogP contribution in [0.2, 0.25) is 0 Å². The van der Waals surface area contributed by atoms with Crippen LogP contribution in [0.5, 0.6) is 0 Å².